The molecule has 2 N–H and O–H groups in total. The third-order valence-corrected chi connectivity index (χ3v) is 6.59. The SMILES string of the molecule is [2H]C1([2H])C[C@H]2[C@@H]3CCc4c(ccc(O)c4C)[C@H]3CC[C@]2(C)[C@@]1([2H])O. The molecule has 2 nitrogen and oxygen atoms in total. The summed E-state index contributed by atoms with van der Waals surface area (Å²) >= 11 is 0. The Kier molecular flexibility index (Phi) is 2.28. The Labute approximate surface area is 131 Å². The third kappa shape index (κ3) is 1.75. The van der Waals surface area contributed by atoms with Crippen LogP contribution in [-0.2, 0) is 6.42 Å². The Morgan fingerprint density at radius 3 is 2.95 bits per heavy atom. The van der Waals surface area contributed by atoms with Crippen molar-refractivity contribution in [2.75, 3.05) is 0 Å². The molecule has 0 radical (unpaired) electrons. The molecule has 2 saturated carbocycles. The minimum Gasteiger partial charge on any atom is -0.508 e. The summed E-state index contributed by atoms with van der Waals surface area (Å²) in [6, 6.07) is 3.81. The molecule has 2 fully saturated rings. The molecule has 0 saturated heterocycles. The molecule has 114 valence electrons. The van der Waals surface area contributed by atoms with E-state index in [2.05, 4.69) is 0 Å². The van der Waals surface area contributed by atoms with Gasteiger partial charge in [-0.15, -0.1) is 0 Å². The zero-order chi connectivity index (χ0) is 17.5. The van der Waals surface area contributed by atoms with Crippen LogP contribution >= 0.6 is 0 Å². The maximum atomic E-state index is 10.7. The first-order valence-corrected chi connectivity index (χ1v) is 8.14. The van der Waals surface area contributed by atoms with Gasteiger partial charge in [0, 0.05) is 2.74 Å². The van der Waals surface area contributed by atoms with Crippen LogP contribution in [0.3, 0.4) is 0 Å². The zero-order valence-electron chi connectivity index (χ0n) is 15.8. The Morgan fingerprint density at radius 1 is 1.33 bits per heavy atom. The van der Waals surface area contributed by atoms with Gasteiger partial charge in [0.1, 0.15) is 5.75 Å². The minimum absolute atomic E-state index is 0.0380. The third-order valence-electron chi connectivity index (χ3n) is 6.59. The Bertz CT molecular complexity index is 700. The number of aromatic hydroxyl groups is 1. The number of hydrogen-bond acceptors (Lipinski definition) is 2. The lowest BCUT2D eigenvalue weighted by molar-refractivity contribution is -0.0226. The van der Waals surface area contributed by atoms with Crippen molar-refractivity contribution in [2.24, 2.45) is 17.3 Å². The molecule has 0 unspecified atom stereocenters. The summed E-state index contributed by atoms with van der Waals surface area (Å²) < 4.78 is 24.8. The van der Waals surface area contributed by atoms with E-state index in [0.29, 0.717) is 24.0 Å². The van der Waals surface area contributed by atoms with Gasteiger partial charge >= 0.3 is 0 Å². The van der Waals surface area contributed by atoms with Crippen LogP contribution in [0.15, 0.2) is 12.1 Å². The molecule has 3 aliphatic rings. The topological polar surface area (TPSA) is 40.5 Å². The van der Waals surface area contributed by atoms with E-state index in [1.807, 2.05) is 19.9 Å². The highest BCUT2D eigenvalue weighted by atomic mass is 16.3. The highest BCUT2D eigenvalue weighted by Crippen LogP contribution is 2.61. The van der Waals surface area contributed by atoms with Gasteiger partial charge < -0.3 is 10.2 Å². The summed E-state index contributed by atoms with van der Waals surface area (Å²) in [6.07, 6.45) is -0.189. The summed E-state index contributed by atoms with van der Waals surface area (Å²) in [5, 5.41) is 20.7. The largest absolute Gasteiger partial charge is 0.508 e. The lowest BCUT2D eigenvalue weighted by atomic mass is 9.55. The second-order valence-corrected chi connectivity index (χ2v) is 7.38. The van der Waals surface area contributed by atoms with Crippen molar-refractivity contribution in [1.29, 1.82) is 0 Å². The number of benzene rings is 1. The van der Waals surface area contributed by atoms with Crippen molar-refractivity contribution in [3.05, 3.63) is 28.8 Å². The average Bonchev–Trinajstić information content (AvgIpc) is 2.66. The van der Waals surface area contributed by atoms with E-state index < -0.39 is 17.9 Å². The molecule has 21 heavy (non-hydrogen) atoms. The summed E-state index contributed by atoms with van der Waals surface area (Å²) in [7, 11) is 0. The van der Waals surface area contributed by atoms with Gasteiger partial charge in [-0.25, -0.2) is 0 Å². The normalized spacial score (nSPS) is 49.3. The van der Waals surface area contributed by atoms with Crippen molar-refractivity contribution >= 4 is 0 Å². The number of hydrogen-bond donors (Lipinski definition) is 2. The first-order valence-electron chi connectivity index (χ1n) is 9.64. The zero-order valence-corrected chi connectivity index (χ0v) is 12.8. The van der Waals surface area contributed by atoms with E-state index >= 15 is 0 Å². The molecule has 0 spiro atoms. The highest BCUT2D eigenvalue weighted by Gasteiger charge is 2.54. The van der Waals surface area contributed by atoms with Crippen molar-refractivity contribution < 1.29 is 14.3 Å². The summed E-state index contributed by atoms with van der Waals surface area (Å²) in [5.41, 5.74) is 2.84. The van der Waals surface area contributed by atoms with Gasteiger partial charge in [-0.1, -0.05) is 13.0 Å². The van der Waals surface area contributed by atoms with Gasteiger partial charge in [0.2, 0.25) is 0 Å². The average molecular weight is 289 g/mol. The van der Waals surface area contributed by atoms with Crippen LogP contribution in [0.5, 0.6) is 5.75 Å². The maximum absolute atomic E-state index is 10.7. The molecule has 5 atom stereocenters. The summed E-state index contributed by atoms with van der Waals surface area (Å²) in [4.78, 5) is 0. The van der Waals surface area contributed by atoms with Crippen LogP contribution in [0.1, 0.15) is 65.7 Å². The Hall–Kier alpha value is -1.02. The number of rotatable bonds is 0. The smallest absolute Gasteiger partial charge is 0.118 e. The van der Waals surface area contributed by atoms with E-state index in [-0.39, 0.29) is 12.3 Å². The number of aliphatic hydroxyl groups is 1. The molecule has 1 aromatic carbocycles. The first kappa shape index (κ1) is 10.7. The van der Waals surface area contributed by atoms with Gasteiger partial charge in [0.25, 0.3) is 0 Å². The highest BCUT2D eigenvalue weighted by molar-refractivity contribution is 5.47. The molecule has 0 aliphatic heterocycles. The Morgan fingerprint density at radius 2 is 2.14 bits per heavy atom. The fourth-order valence-corrected chi connectivity index (χ4v) is 5.23. The molecular formula is C19H26O2. The van der Waals surface area contributed by atoms with Crippen molar-refractivity contribution in [1.82, 2.24) is 0 Å². The monoisotopic (exact) mass is 289 g/mol. The lowest BCUT2D eigenvalue weighted by Crippen LogP contribution is -2.44. The summed E-state index contributed by atoms with van der Waals surface area (Å²) in [6.45, 7) is 3.89. The minimum atomic E-state index is -2.01. The van der Waals surface area contributed by atoms with Gasteiger partial charge in [-0.2, -0.15) is 0 Å². The fourth-order valence-electron chi connectivity index (χ4n) is 5.23. The van der Waals surface area contributed by atoms with Crippen LogP contribution in [0.25, 0.3) is 0 Å². The molecule has 0 heterocycles. The van der Waals surface area contributed by atoms with E-state index in [1.165, 1.54) is 11.1 Å². The van der Waals surface area contributed by atoms with Gasteiger partial charge in [-0.3, -0.25) is 0 Å². The second kappa shape index (κ2) is 4.49. The first-order chi connectivity index (χ1) is 11.1. The molecule has 0 aromatic heterocycles. The predicted octanol–water partition coefficient (Wildman–Crippen LogP) is 3.92. The van der Waals surface area contributed by atoms with Crippen molar-refractivity contribution in [3.8, 4) is 5.75 Å². The Balaban J connectivity index is 1.77. The van der Waals surface area contributed by atoms with Crippen molar-refractivity contribution in [2.45, 2.75) is 64.3 Å². The van der Waals surface area contributed by atoms with Crippen LogP contribution in [0, 0.1) is 24.2 Å². The molecular weight excluding hydrogens is 260 g/mol. The fraction of sp³-hybridized carbons (Fsp3) is 0.684. The van der Waals surface area contributed by atoms with Crippen LogP contribution in [0.4, 0.5) is 0 Å². The van der Waals surface area contributed by atoms with E-state index in [0.717, 1.165) is 24.8 Å². The van der Waals surface area contributed by atoms with Gasteiger partial charge in [-0.05, 0) is 91.3 Å². The van der Waals surface area contributed by atoms with E-state index in [9.17, 15) is 10.2 Å². The van der Waals surface area contributed by atoms with Crippen LogP contribution in [0.2, 0.25) is 0 Å². The van der Waals surface area contributed by atoms with E-state index in [1.54, 1.807) is 6.07 Å². The van der Waals surface area contributed by atoms with Gasteiger partial charge in [0.05, 0.1) is 7.45 Å². The molecule has 4 rings (SSSR count). The van der Waals surface area contributed by atoms with E-state index in [4.69, 9.17) is 4.11 Å². The van der Waals surface area contributed by atoms with Crippen molar-refractivity contribution in [3.63, 3.8) is 0 Å². The number of phenolic OH excluding ortho intramolecular Hbond substituents is 1. The second-order valence-electron chi connectivity index (χ2n) is 7.38. The lowest BCUT2D eigenvalue weighted by Gasteiger charge is -2.50. The standard InChI is InChI=1S/C19H26O2/c1-11-12-3-4-15-14(13(12)5-7-17(11)20)9-10-19(2)16(15)6-8-18(19)21/h5,7,14-16,18,20-21H,3-4,6,8-10H2,1-2H3/t14-,15-,16+,18+,19+/m1/s1/i8D2,18D. The molecule has 1 aromatic rings. The molecule has 0 amide bonds. The number of phenols is 1. The molecule has 0 bridgehead atoms. The quantitative estimate of drug-likeness (QED) is 0.760. The summed E-state index contributed by atoms with van der Waals surface area (Å²) in [5.74, 6) is 1.06. The maximum Gasteiger partial charge on any atom is 0.118 e. The van der Waals surface area contributed by atoms with Crippen LogP contribution in [-0.4, -0.2) is 16.3 Å². The molecule has 2 heteroatoms. The van der Waals surface area contributed by atoms with Gasteiger partial charge in [0.15, 0.2) is 0 Å². The van der Waals surface area contributed by atoms with Crippen LogP contribution < -0.4 is 0 Å². The molecule has 3 aliphatic carbocycles. The predicted molar refractivity (Wildman–Crippen MR) is 83.5 cm³/mol. The number of fused-ring (bicyclic) bond motifs is 5.